The molecule has 0 bridgehead atoms. The molecule has 3 nitrogen and oxygen atoms in total. The highest BCUT2D eigenvalue weighted by atomic mass is 16.3. The summed E-state index contributed by atoms with van der Waals surface area (Å²) in [5.41, 5.74) is 5.48. The largest absolute Gasteiger partial charge is 0.367 e. The number of benzene rings is 2. The molecule has 3 heteroatoms. The zero-order valence-corrected chi connectivity index (χ0v) is 12.4. The Morgan fingerprint density at radius 3 is 2.91 bits per heavy atom. The summed E-state index contributed by atoms with van der Waals surface area (Å²) in [5, 5.41) is 11.3. The Balaban J connectivity index is 2.00. The fourth-order valence-corrected chi connectivity index (χ4v) is 3.98. The summed E-state index contributed by atoms with van der Waals surface area (Å²) in [7, 11) is 0. The number of rotatable bonds is 0. The number of nitrogens with zero attached hydrogens (tertiary/aromatic N) is 2. The van der Waals surface area contributed by atoms with E-state index >= 15 is 0 Å². The third-order valence-corrected chi connectivity index (χ3v) is 4.93. The molecule has 0 amide bonds. The first-order chi connectivity index (χ1) is 10.7. The maximum atomic E-state index is 11.3. The molecule has 0 spiro atoms. The van der Waals surface area contributed by atoms with Crippen LogP contribution in [0.3, 0.4) is 0 Å². The van der Waals surface area contributed by atoms with Crippen LogP contribution in [0.5, 0.6) is 0 Å². The smallest absolute Gasteiger partial charge is 0.167 e. The van der Waals surface area contributed by atoms with Crippen molar-refractivity contribution in [3.8, 4) is 11.4 Å². The zero-order chi connectivity index (χ0) is 14.9. The van der Waals surface area contributed by atoms with Crippen molar-refractivity contribution in [3.63, 3.8) is 0 Å². The number of hydrogen-bond donors (Lipinski definition) is 1. The Morgan fingerprint density at radius 1 is 1.14 bits per heavy atom. The molecule has 2 aromatic carbocycles. The molecule has 108 valence electrons. The average molecular weight is 288 g/mol. The van der Waals surface area contributed by atoms with Crippen molar-refractivity contribution in [2.24, 2.45) is 0 Å². The molecule has 2 aliphatic rings. The fraction of sp³-hybridized carbons (Fsp3) is 0.211. The lowest BCUT2D eigenvalue weighted by atomic mass is 9.80. The highest BCUT2D eigenvalue weighted by molar-refractivity contribution is 5.92. The lowest BCUT2D eigenvalue weighted by Crippen LogP contribution is -2.36. The van der Waals surface area contributed by atoms with Crippen molar-refractivity contribution >= 4 is 16.6 Å². The van der Waals surface area contributed by atoms with Gasteiger partial charge in [-0.3, -0.25) is 4.57 Å². The van der Waals surface area contributed by atoms with Crippen molar-refractivity contribution in [1.29, 1.82) is 0 Å². The van der Waals surface area contributed by atoms with E-state index in [4.69, 9.17) is 4.98 Å². The molecule has 0 saturated heterocycles. The van der Waals surface area contributed by atoms with Crippen molar-refractivity contribution in [2.75, 3.05) is 0 Å². The van der Waals surface area contributed by atoms with Crippen LogP contribution >= 0.6 is 0 Å². The standard InChI is InChI=1S/C19H16N2O/c1-19(22)14-9-5-7-12-6-4-8-13(17(12)14)18-20-15-10-2-3-11-16(15)21(18)19/h2-4,6,8-11,22H,5,7H2,1H3. The van der Waals surface area contributed by atoms with Gasteiger partial charge in [0.2, 0.25) is 0 Å². The second kappa shape index (κ2) is 3.87. The van der Waals surface area contributed by atoms with Gasteiger partial charge in [0.25, 0.3) is 0 Å². The van der Waals surface area contributed by atoms with Gasteiger partial charge in [0.15, 0.2) is 5.72 Å². The molecule has 1 unspecified atom stereocenters. The summed E-state index contributed by atoms with van der Waals surface area (Å²) in [4.78, 5) is 4.80. The van der Waals surface area contributed by atoms with Crippen LogP contribution in [-0.2, 0) is 12.1 Å². The lowest BCUT2D eigenvalue weighted by Gasteiger charge is -2.38. The van der Waals surface area contributed by atoms with E-state index in [2.05, 4.69) is 24.3 Å². The van der Waals surface area contributed by atoms with E-state index in [9.17, 15) is 5.11 Å². The number of aryl methyl sites for hydroxylation is 1. The summed E-state index contributed by atoms with van der Waals surface area (Å²) in [6, 6.07) is 14.4. The Bertz CT molecular complexity index is 963. The minimum Gasteiger partial charge on any atom is -0.367 e. The molecule has 1 aliphatic heterocycles. The third-order valence-electron chi connectivity index (χ3n) is 4.93. The van der Waals surface area contributed by atoms with Gasteiger partial charge in [-0.1, -0.05) is 36.4 Å². The molecule has 3 aromatic rings. The predicted octanol–water partition coefficient (Wildman–Crippen LogP) is 3.71. The Labute approximate surface area is 128 Å². The van der Waals surface area contributed by atoms with E-state index < -0.39 is 5.72 Å². The van der Waals surface area contributed by atoms with Crippen molar-refractivity contribution in [3.05, 3.63) is 59.7 Å². The van der Waals surface area contributed by atoms with Gasteiger partial charge in [-0.25, -0.2) is 4.98 Å². The van der Waals surface area contributed by atoms with Gasteiger partial charge in [0, 0.05) is 11.1 Å². The summed E-state index contributed by atoms with van der Waals surface area (Å²) in [6.07, 6.45) is 4.19. The molecule has 0 fully saturated rings. The molecule has 1 aliphatic carbocycles. The normalized spacial score (nSPS) is 22.2. The van der Waals surface area contributed by atoms with Gasteiger partial charge < -0.3 is 5.11 Å². The van der Waals surface area contributed by atoms with Crippen LogP contribution in [0, 0.1) is 0 Å². The number of imidazole rings is 1. The third kappa shape index (κ3) is 1.32. The van der Waals surface area contributed by atoms with Gasteiger partial charge in [-0.15, -0.1) is 0 Å². The Morgan fingerprint density at radius 2 is 2.00 bits per heavy atom. The van der Waals surface area contributed by atoms with Crippen LogP contribution in [0.25, 0.3) is 28.0 Å². The number of hydrogen-bond acceptors (Lipinski definition) is 2. The number of fused-ring (bicyclic) bond motifs is 4. The zero-order valence-electron chi connectivity index (χ0n) is 12.4. The van der Waals surface area contributed by atoms with E-state index in [0.29, 0.717) is 0 Å². The number of para-hydroxylation sites is 2. The predicted molar refractivity (Wildman–Crippen MR) is 87.3 cm³/mol. The Kier molecular flexibility index (Phi) is 2.14. The van der Waals surface area contributed by atoms with Crippen LogP contribution in [0.1, 0.15) is 24.5 Å². The van der Waals surface area contributed by atoms with Crippen molar-refractivity contribution in [2.45, 2.75) is 25.5 Å². The van der Waals surface area contributed by atoms with E-state index in [1.807, 2.05) is 35.8 Å². The summed E-state index contributed by atoms with van der Waals surface area (Å²) in [6.45, 7) is 1.88. The van der Waals surface area contributed by atoms with Gasteiger partial charge >= 0.3 is 0 Å². The molecule has 1 aromatic heterocycles. The van der Waals surface area contributed by atoms with Crippen LogP contribution in [0.15, 0.2) is 48.5 Å². The van der Waals surface area contributed by atoms with Crippen LogP contribution in [0.4, 0.5) is 0 Å². The van der Waals surface area contributed by atoms with E-state index in [0.717, 1.165) is 40.8 Å². The quantitative estimate of drug-likeness (QED) is 0.685. The first-order valence-corrected chi connectivity index (χ1v) is 7.71. The molecular weight excluding hydrogens is 272 g/mol. The van der Waals surface area contributed by atoms with Crippen LogP contribution in [0.2, 0.25) is 0 Å². The van der Waals surface area contributed by atoms with Gasteiger partial charge in [-0.05, 0) is 43.0 Å². The molecule has 0 saturated carbocycles. The molecule has 1 N–H and O–H groups in total. The highest BCUT2D eigenvalue weighted by Gasteiger charge is 2.40. The number of aromatic nitrogens is 2. The maximum absolute atomic E-state index is 11.3. The monoisotopic (exact) mass is 288 g/mol. The molecule has 0 radical (unpaired) electrons. The fourth-order valence-electron chi connectivity index (χ4n) is 3.98. The van der Waals surface area contributed by atoms with Crippen LogP contribution < -0.4 is 0 Å². The van der Waals surface area contributed by atoms with Gasteiger partial charge in [-0.2, -0.15) is 0 Å². The molecule has 22 heavy (non-hydrogen) atoms. The lowest BCUT2D eigenvalue weighted by molar-refractivity contribution is 0.0487. The minimum atomic E-state index is -1.06. The van der Waals surface area contributed by atoms with E-state index in [1.165, 1.54) is 11.1 Å². The summed E-state index contributed by atoms with van der Waals surface area (Å²) in [5.74, 6) is 0.863. The maximum Gasteiger partial charge on any atom is 0.167 e. The van der Waals surface area contributed by atoms with E-state index in [1.54, 1.807) is 0 Å². The minimum absolute atomic E-state index is 0.863. The summed E-state index contributed by atoms with van der Waals surface area (Å²) >= 11 is 0. The Hall–Kier alpha value is -2.39. The highest BCUT2D eigenvalue weighted by Crippen LogP contribution is 2.48. The molecular formula is C19H16N2O. The second-order valence-electron chi connectivity index (χ2n) is 6.28. The van der Waals surface area contributed by atoms with Gasteiger partial charge in [0.05, 0.1) is 11.0 Å². The molecule has 1 atom stereocenters. The SMILES string of the molecule is CC1(O)C2=CCCc3cccc(c32)-c2nc3ccccc3n21. The number of allylic oxidation sites excluding steroid dienone is 1. The van der Waals surface area contributed by atoms with Crippen molar-refractivity contribution in [1.82, 2.24) is 9.55 Å². The van der Waals surface area contributed by atoms with Crippen LogP contribution in [-0.4, -0.2) is 14.7 Å². The second-order valence-corrected chi connectivity index (χ2v) is 6.28. The number of aliphatic hydroxyl groups is 1. The van der Waals surface area contributed by atoms with Gasteiger partial charge in [0.1, 0.15) is 5.82 Å². The summed E-state index contributed by atoms with van der Waals surface area (Å²) < 4.78 is 1.98. The molecule has 2 heterocycles. The first-order valence-electron chi connectivity index (χ1n) is 7.71. The molecule has 5 rings (SSSR count). The van der Waals surface area contributed by atoms with Crippen molar-refractivity contribution < 1.29 is 5.11 Å². The first kappa shape index (κ1) is 12.2. The average Bonchev–Trinajstić information content (AvgIpc) is 2.93. The topological polar surface area (TPSA) is 38.1 Å². The van der Waals surface area contributed by atoms with E-state index in [-0.39, 0.29) is 0 Å².